The summed E-state index contributed by atoms with van der Waals surface area (Å²) in [5.74, 6) is -2.03. The van der Waals surface area contributed by atoms with E-state index in [0.29, 0.717) is 12.1 Å². The first-order valence-electron chi connectivity index (χ1n) is 6.62. The fraction of sp³-hybridized carbons (Fsp3) is 0.500. The Labute approximate surface area is 111 Å². The highest BCUT2D eigenvalue weighted by molar-refractivity contribution is 5.90. The fourth-order valence-corrected chi connectivity index (χ4v) is 2.24. The Morgan fingerprint density at radius 2 is 1.89 bits per heavy atom. The quantitative estimate of drug-likeness (QED) is 0.910. The second-order valence-electron chi connectivity index (χ2n) is 4.83. The minimum atomic E-state index is -0.950. The minimum absolute atomic E-state index is 0.170. The third-order valence-electron chi connectivity index (χ3n) is 3.31. The fourth-order valence-electron chi connectivity index (χ4n) is 2.24. The molecule has 1 heterocycles. The summed E-state index contributed by atoms with van der Waals surface area (Å²) in [5.41, 5.74) is 0.294. The van der Waals surface area contributed by atoms with E-state index in [1.165, 1.54) is 25.3 Å². The monoisotopic (exact) mass is 268 g/mol. The number of anilines is 1. The molecule has 1 aromatic rings. The standard InChI is InChI=1S/C14H18F2N2O/c15-12-5-4-11(10-13(12)16)17-14(19)6-9-18-7-2-1-3-8-18/h4-5,10H,1-3,6-9H2,(H,17,19). The van der Waals surface area contributed by atoms with E-state index in [9.17, 15) is 13.6 Å². The molecule has 2 rings (SSSR count). The predicted octanol–water partition coefficient (Wildman–Crippen LogP) is 2.78. The summed E-state index contributed by atoms with van der Waals surface area (Å²) in [6, 6.07) is 3.36. The van der Waals surface area contributed by atoms with Crippen molar-refractivity contribution < 1.29 is 13.6 Å². The van der Waals surface area contributed by atoms with Crippen LogP contribution in [-0.2, 0) is 4.79 Å². The van der Waals surface area contributed by atoms with Crippen LogP contribution in [0.4, 0.5) is 14.5 Å². The number of benzene rings is 1. The molecule has 1 N–H and O–H groups in total. The highest BCUT2D eigenvalue weighted by Crippen LogP contribution is 2.14. The van der Waals surface area contributed by atoms with E-state index in [1.807, 2.05) is 0 Å². The molecule has 1 saturated heterocycles. The molecular formula is C14H18F2N2O. The SMILES string of the molecule is O=C(CCN1CCCCC1)Nc1ccc(F)c(F)c1. The van der Waals surface area contributed by atoms with Gasteiger partial charge in [-0.25, -0.2) is 8.78 Å². The van der Waals surface area contributed by atoms with E-state index < -0.39 is 11.6 Å². The minimum Gasteiger partial charge on any atom is -0.326 e. The molecule has 1 fully saturated rings. The van der Waals surface area contributed by atoms with Gasteiger partial charge in [0.2, 0.25) is 5.91 Å². The summed E-state index contributed by atoms with van der Waals surface area (Å²) in [5, 5.41) is 2.58. The zero-order valence-corrected chi connectivity index (χ0v) is 10.8. The Kier molecular flexibility index (Phi) is 4.85. The number of carbonyl (C=O) groups is 1. The molecule has 0 bridgehead atoms. The zero-order chi connectivity index (χ0) is 13.7. The average molecular weight is 268 g/mol. The van der Waals surface area contributed by atoms with E-state index in [1.54, 1.807) is 0 Å². The Hall–Kier alpha value is -1.49. The second kappa shape index (κ2) is 6.61. The predicted molar refractivity (Wildman–Crippen MR) is 69.9 cm³/mol. The summed E-state index contributed by atoms with van der Waals surface area (Å²) in [6.07, 6.45) is 4.01. The van der Waals surface area contributed by atoms with Gasteiger partial charge in [-0.15, -0.1) is 0 Å². The van der Waals surface area contributed by atoms with Gasteiger partial charge >= 0.3 is 0 Å². The number of rotatable bonds is 4. The summed E-state index contributed by atoms with van der Waals surface area (Å²) in [4.78, 5) is 14.0. The zero-order valence-electron chi connectivity index (χ0n) is 10.8. The highest BCUT2D eigenvalue weighted by atomic mass is 19.2. The topological polar surface area (TPSA) is 32.3 Å². The molecule has 1 aliphatic heterocycles. The molecule has 19 heavy (non-hydrogen) atoms. The van der Waals surface area contributed by atoms with Gasteiger partial charge < -0.3 is 10.2 Å². The van der Waals surface area contributed by atoms with Gasteiger partial charge in [0.05, 0.1) is 0 Å². The van der Waals surface area contributed by atoms with Crippen molar-refractivity contribution in [1.29, 1.82) is 0 Å². The number of hydrogen-bond donors (Lipinski definition) is 1. The van der Waals surface area contributed by atoms with Crippen molar-refractivity contribution in [3.05, 3.63) is 29.8 Å². The maximum Gasteiger partial charge on any atom is 0.225 e. The van der Waals surface area contributed by atoms with Crippen LogP contribution in [0.2, 0.25) is 0 Å². The van der Waals surface area contributed by atoms with Crippen LogP contribution in [0.15, 0.2) is 18.2 Å². The van der Waals surface area contributed by atoms with Crippen LogP contribution in [0, 0.1) is 11.6 Å². The molecule has 0 spiro atoms. The van der Waals surface area contributed by atoms with Crippen molar-refractivity contribution in [2.24, 2.45) is 0 Å². The van der Waals surface area contributed by atoms with Crippen LogP contribution in [0.1, 0.15) is 25.7 Å². The summed E-state index contributed by atoms with van der Waals surface area (Å²) in [7, 11) is 0. The molecule has 1 aliphatic rings. The van der Waals surface area contributed by atoms with Gasteiger partial charge in [0, 0.05) is 24.7 Å². The lowest BCUT2D eigenvalue weighted by molar-refractivity contribution is -0.116. The number of piperidine rings is 1. The van der Waals surface area contributed by atoms with Crippen molar-refractivity contribution in [2.45, 2.75) is 25.7 Å². The Morgan fingerprint density at radius 1 is 1.16 bits per heavy atom. The molecule has 3 nitrogen and oxygen atoms in total. The summed E-state index contributed by atoms with van der Waals surface area (Å²) < 4.78 is 25.7. The second-order valence-corrected chi connectivity index (χ2v) is 4.83. The maximum absolute atomic E-state index is 13.0. The number of nitrogens with one attached hydrogen (secondary N) is 1. The number of hydrogen-bond acceptors (Lipinski definition) is 2. The first-order chi connectivity index (χ1) is 9.15. The van der Waals surface area contributed by atoms with Gasteiger partial charge in [-0.2, -0.15) is 0 Å². The van der Waals surface area contributed by atoms with Gasteiger partial charge in [0.15, 0.2) is 11.6 Å². The lowest BCUT2D eigenvalue weighted by Gasteiger charge is -2.25. The van der Waals surface area contributed by atoms with Gasteiger partial charge in [-0.3, -0.25) is 4.79 Å². The lowest BCUT2D eigenvalue weighted by atomic mass is 10.1. The number of nitrogens with zero attached hydrogens (tertiary/aromatic N) is 1. The Bertz CT molecular complexity index is 445. The average Bonchev–Trinajstić information content (AvgIpc) is 2.42. The van der Waals surface area contributed by atoms with Crippen LogP contribution < -0.4 is 5.32 Å². The maximum atomic E-state index is 13.0. The number of halogens is 2. The van der Waals surface area contributed by atoms with E-state index in [2.05, 4.69) is 10.2 Å². The van der Waals surface area contributed by atoms with Gasteiger partial charge in [-0.1, -0.05) is 6.42 Å². The molecule has 1 aromatic carbocycles. The van der Waals surface area contributed by atoms with Crippen molar-refractivity contribution in [1.82, 2.24) is 4.90 Å². The third kappa shape index (κ3) is 4.28. The molecule has 0 radical (unpaired) electrons. The lowest BCUT2D eigenvalue weighted by Crippen LogP contribution is -2.32. The molecule has 0 atom stereocenters. The molecule has 1 amide bonds. The number of amides is 1. The Morgan fingerprint density at radius 3 is 2.58 bits per heavy atom. The Balaban J connectivity index is 1.78. The first kappa shape index (κ1) is 13.9. The highest BCUT2D eigenvalue weighted by Gasteiger charge is 2.12. The largest absolute Gasteiger partial charge is 0.326 e. The van der Waals surface area contributed by atoms with Crippen LogP contribution in [0.5, 0.6) is 0 Å². The van der Waals surface area contributed by atoms with Crippen LogP contribution in [-0.4, -0.2) is 30.4 Å². The van der Waals surface area contributed by atoms with Gasteiger partial charge in [0.1, 0.15) is 0 Å². The molecule has 104 valence electrons. The molecule has 0 saturated carbocycles. The number of carbonyl (C=O) groups excluding carboxylic acids is 1. The van der Waals surface area contributed by atoms with Gasteiger partial charge in [-0.05, 0) is 38.1 Å². The van der Waals surface area contributed by atoms with E-state index in [-0.39, 0.29) is 5.91 Å². The van der Waals surface area contributed by atoms with Crippen LogP contribution in [0.3, 0.4) is 0 Å². The van der Waals surface area contributed by atoms with Crippen LogP contribution >= 0.6 is 0 Å². The summed E-state index contributed by atoms with van der Waals surface area (Å²) >= 11 is 0. The van der Waals surface area contributed by atoms with E-state index in [4.69, 9.17) is 0 Å². The molecule has 0 aliphatic carbocycles. The molecular weight excluding hydrogens is 250 g/mol. The van der Waals surface area contributed by atoms with Crippen molar-refractivity contribution in [3.8, 4) is 0 Å². The van der Waals surface area contributed by atoms with Gasteiger partial charge in [0.25, 0.3) is 0 Å². The molecule has 0 unspecified atom stereocenters. The van der Waals surface area contributed by atoms with Crippen molar-refractivity contribution >= 4 is 11.6 Å². The molecule has 0 aromatic heterocycles. The van der Waals surface area contributed by atoms with E-state index >= 15 is 0 Å². The molecule has 5 heteroatoms. The third-order valence-corrected chi connectivity index (χ3v) is 3.31. The van der Waals surface area contributed by atoms with Crippen LogP contribution in [0.25, 0.3) is 0 Å². The summed E-state index contributed by atoms with van der Waals surface area (Å²) in [6.45, 7) is 2.80. The van der Waals surface area contributed by atoms with Crippen molar-refractivity contribution in [2.75, 3.05) is 25.0 Å². The first-order valence-corrected chi connectivity index (χ1v) is 6.62. The van der Waals surface area contributed by atoms with E-state index in [0.717, 1.165) is 31.8 Å². The number of likely N-dealkylation sites (tertiary alicyclic amines) is 1. The van der Waals surface area contributed by atoms with Crippen molar-refractivity contribution in [3.63, 3.8) is 0 Å². The normalized spacial score (nSPS) is 16.3. The smallest absolute Gasteiger partial charge is 0.225 e.